The maximum atomic E-state index is 12.4. The molecule has 0 atom stereocenters. The van der Waals surface area contributed by atoms with E-state index in [1.54, 1.807) is 6.07 Å². The summed E-state index contributed by atoms with van der Waals surface area (Å²) in [7, 11) is 0. The Morgan fingerprint density at radius 3 is 2.29 bits per heavy atom. The third-order valence-electron chi connectivity index (χ3n) is 2.18. The van der Waals surface area contributed by atoms with Gasteiger partial charge in [0.1, 0.15) is 0 Å². The number of ether oxygens (including phenoxy) is 1. The zero-order valence-electron chi connectivity index (χ0n) is 10.3. The molecule has 0 heterocycles. The van der Waals surface area contributed by atoms with Crippen LogP contribution in [0.2, 0.25) is 0 Å². The second kappa shape index (κ2) is 5.08. The number of benzene rings is 1. The highest BCUT2D eigenvalue weighted by molar-refractivity contribution is 5.25. The lowest BCUT2D eigenvalue weighted by molar-refractivity contribution is -0.137. The quantitative estimate of drug-likeness (QED) is 0.781. The molecule has 0 fully saturated rings. The van der Waals surface area contributed by atoms with Crippen molar-refractivity contribution in [1.82, 2.24) is 0 Å². The molecule has 4 heteroatoms. The lowest BCUT2D eigenvalue weighted by Crippen LogP contribution is -2.20. The van der Waals surface area contributed by atoms with Gasteiger partial charge in [0.2, 0.25) is 0 Å². The average molecular weight is 246 g/mol. The van der Waals surface area contributed by atoms with Gasteiger partial charge in [0, 0.05) is 0 Å². The monoisotopic (exact) mass is 246 g/mol. The molecule has 1 aromatic carbocycles. The fourth-order valence-corrected chi connectivity index (χ4v) is 1.38. The molecule has 0 saturated carbocycles. The van der Waals surface area contributed by atoms with Crippen molar-refractivity contribution in [2.24, 2.45) is 0 Å². The number of alkyl halides is 3. The van der Waals surface area contributed by atoms with Gasteiger partial charge < -0.3 is 4.74 Å². The fraction of sp³-hybridized carbons (Fsp3) is 0.538. The molecule has 0 aliphatic heterocycles. The molecule has 0 bridgehead atoms. The largest absolute Gasteiger partial charge is 0.416 e. The molecule has 0 spiro atoms. The van der Waals surface area contributed by atoms with E-state index in [-0.39, 0.29) is 5.60 Å². The van der Waals surface area contributed by atoms with Crippen molar-refractivity contribution >= 4 is 0 Å². The number of hydrogen-bond donors (Lipinski definition) is 0. The summed E-state index contributed by atoms with van der Waals surface area (Å²) in [5.41, 5.74) is -0.225. The van der Waals surface area contributed by atoms with Crippen LogP contribution in [0.1, 0.15) is 31.9 Å². The van der Waals surface area contributed by atoms with Crippen molar-refractivity contribution in [1.29, 1.82) is 0 Å². The maximum absolute atomic E-state index is 12.4. The van der Waals surface area contributed by atoms with Crippen LogP contribution in [0.15, 0.2) is 24.3 Å². The highest BCUT2D eigenvalue weighted by atomic mass is 19.4. The van der Waals surface area contributed by atoms with Gasteiger partial charge in [-0.15, -0.1) is 0 Å². The topological polar surface area (TPSA) is 9.23 Å². The Balaban J connectivity index is 2.61. The fourth-order valence-electron chi connectivity index (χ4n) is 1.38. The molecular formula is C13H17F3O. The Morgan fingerprint density at radius 1 is 1.12 bits per heavy atom. The van der Waals surface area contributed by atoms with Crippen LogP contribution in [0.5, 0.6) is 0 Å². The first-order chi connectivity index (χ1) is 7.68. The minimum Gasteiger partial charge on any atom is -0.376 e. The van der Waals surface area contributed by atoms with Gasteiger partial charge in [-0.05, 0) is 38.8 Å². The van der Waals surface area contributed by atoms with Crippen LogP contribution < -0.4 is 0 Å². The molecule has 1 rings (SSSR count). The Morgan fingerprint density at radius 2 is 1.76 bits per heavy atom. The van der Waals surface area contributed by atoms with Crippen molar-refractivity contribution in [3.05, 3.63) is 35.4 Å². The highest BCUT2D eigenvalue weighted by Gasteiger charge is 2.30. The van der Waals surface area contributed by atoms with E-state index in [4.69, 9.17) is 4.74 Å². The molecule has 0 aliphatic rings. The van der Waals surface area contributed by atoms with E-state index in [1.165, 1.54) is 12.1 Å². The average Bonchev–Trinajstić information content (AvgIpc) is 2.15. The summed E-state index contributed by atoms with van der Waals surface area (Å²) in [4.78, 5) is 0. The highest BCUT2D eigenvalue weighted by Crippen LogP contribution is 2.29. The molecular weight excluding hydrogens is 229 g/mol. The standard InChI is InChI=1S/C13H17F3O/c1-12(2,3)17-8-7-10-5-4-6-11(9-10)13(14,15)16/h4-6,9H,7-8H2,1-3H3. The van der Waals surface area contributed by atoms with Gasteiger partial charge in [0.25, 0.3) is 0 Å². The van der Waals surface area contributed by atoms with Gasteiger partial charge in [0.05, 0.1) is 17.8 Å². The summed E-state index contributed by atoms with van der Waals surface area (Å²) in [6.45, 7) is 6.17. The molecule has 0 aromatic heterocycles. The van der Waals surface area contributed by atoms with Crippen LogP contribution in [0.25, 0.3) is 0 Å². The van der Waals surface area contributed by atoms with Crippen molar-refractivity contribution < 1.29 is 17.9 Å². The second-order valence-electron chi connectivity index (χ2n) is 4.91. The summed E-state index contributed by atoms with van der Waals surface area (Å²) < 4.78 is 42.8. The molecule has 0 radical (unpaired) electrons. The Hall–Kier alpha value is -1.03. The summed E-state index contributed by atoms with van der Waals surface area (Å²) in [5, 5.41) is 0. The maximum Gasteiger partial charge on any atom is 0.416 e. The third kappa shape index (κ3) is 5.22. The van der Waals surface area contributed by atoms with Gasteiger partial charge in [-0.25, -0.2) is 0 Å². The first-order valence-electron chi connectivity index (χ1n) is 5.48. The molecule has 0 aliphatic carbocycles. The van der Waals surface area contributed by atoms with Crippen LogP contribution in [0.4, 0.5) is 13.2 Å². The lowest BCUT2D eigenvalue weighted by Gasteiger charge is -2.19. The molecule has 1 aromatic rings. The SMILES string of the molecule is CC(C)(C)OCCc1cccc(C(F)(F)F)c1. The first kappa shape index (κ1) is 14.0. The van der Waals surface area contributed by atoms with Gasteiger partial charge in [-0.3, -0.25) is 0 Å². The van der Waals surface area contributed by atoms with E-state index < -0.39 is 11.7 Å². The summed E-state index contributed by atoms with van der Waals surface area (Å²) in [6.07, 6.45) is -3.79. The number of hydrogen-bond acceptors (Lipinski definition) is 1. The van der Waals surface area contributed by atoms with E-state index in [0.717, 1.165) is 6.07 Å². The van der Waals surface area contributed by atoms with Gasteiger partial charge in [-0.2, -0.15) is 13.2 Å². The number of halogens is 3. The van der Waals surface area contributed by atoms with Crippen LogP contribution >= 0.6 is 0 Å². The predicted octanol–water partition coefficient (Wildman–Crippen LogP) is 4.06. The zero-order chi connectivity index (χ0) is 13.1. The van der Waals surface area contributed by atoms with Crippen molar-refractivity contribution in [2.45, 2.75) is 39.0 Å². The predicted molar refractivity (Wildman–Crippen MR) is 60.9 cm³/mol. The molecule has 96 valence electrons. The molecule has 0 unspecified atom stereocenters. The van der Waals surface area contributed by atoms with Crippen LogP contribution in [-0.4, -0.2) is 12.2 Å². The summed E-state index contributed by atoms with van der Waals surface area (Å²) in [5.74, 6) is 0. The molecule has 0 saturated heterocycles. The van der Waals surface area contributed by atoms with E-state index >= 15 is 0 Å². The minimum atomic E-state index is -4.28. The van der Waals surface area contributed by atoms with E-state index in [9.17, 15) is 13.2 Å². The van der Waals surface area contributed by atoms with Crippen LogP contribution in [0.3, 0.4) is 0 Å². The van der Waals surface area contributed by atoms with Gasteiger partial charge >= 0.3 is 6.18 Å². The van der Waals surface area contributed by atoms with Gasteiger partial charge in [-0.1, -0.05) is 18.2 Å². The molecule has 17 heavy (non-hydrogen) atoms. The first-order valence-corrected chi connectivity index (χ1v) is 5.48. The third-order valence-corrected chi connectivity index (χ3v) is 2.18. The second-order valence-corrected chi connectivity index (χ2v) is 4.91. The zero-order valence-corrected chi connectivity index (χ0v) is 10.3. The van der Waals surface area contributed by atoms with Crippen LogP contribution in [-0.2, 0) is 17.3 Å². The summed E-state index contributed by atoms with van der Waals surface area (Å²) >= 11 is 0. The van der Waals surface area contributed by atoms with E-state index in [0.29, 0.717) is 18.6 Å². The summed E-state index contributed by atoms with van der Waals surface area (Å²) in [6, 6.07) is 5.36. The Bertz CT molecular complexity index is 364. The Kier molecular flexibility index (Phi) is 4.20. The Labute approximate surface area is 99.6 Å². The van der Waals surface area contributed by atoms with Crippen LogP contribution in [0, 0.1) is 0 Å². The normalized spacial score (nSPS) is 12.8. The lowest BCUT2D eigenvalue weighted by atomic mass is 10.1. The van der Waals surface area contributed by atoms with Crippen molar-refractivity contribution in [3.63, 3.8) is 0 Å². The van der Waals surface area contributed by atoms with Gasteiger partial charge in [0.15, 0.2) is 0 Å². The molecule has 1 nitrogen and oxygen atoms in total. The van der Waals surface area contributed by atoms with Crippen molar-refractivity contribution in [2.75, 3.05) is 6.61 Å². The minimum absolute atomic E-state index is 0.262. The van der Waals surface area contributed by atoms with E-state index in [1.807, 2.05) is 20.8 Å². The smallest absolute Gasteiger partial charge is 0.376 e. The van der Waals surface area contributed by atoms with E-state index in [2.05, 4.69) is 0 Å². The number of rotatable bonds is 3. The molecule has 0 N–H and O–H groups in total. The molecule has 0 amide bonds. The van der Waals surface area contributed by atoms with Crippen molar-refractivity contribution in [3.8, 4) is 0 Å².